The molecule has 0 saturated carbocycles. The van der Waals surface area contributed by atoms with Gasteiger partial charge in [-0.15, -0.1) is 0 Å². The van der Waals surface area contributed by atoms with Gasteiger partial charge < -0.3 is 0 Å². The molecule has 3 aromatic carbocycles. The molecule has 0 heterocycles. The van der Waals surface area contributed by atoms with Crippen molar-refractivity contribution in [1.82, 2.24) is 0 Å². The van der Waals surface area contributed by atoms with Gasteiger partial charge in [0, 0.05) is 0 Å². The molecule has 0 aromatic heterocycles. The van der Waals surface area contributed by atoms with Crippen LogP contribution in [0.4, 0.5) is 13.2 Å². The van der Waals surface area contributed by atoms with E-state index in [9.17, 15) is 13.2 Å². The zero-order chi connectivity index (χ0) is 17.8. The molecule has 126 valence electrons. The Labute approximate surface area is 148 Å². The molecule has 3 rings (SSSR count). The molecular weight excluding hydrogens is 382 g/mol. The number of hydrogen-bond donors (Lipinski definition) is 0. The standard InChI is InChI=1S/C21H17F3Ge/c22-21(23,24)16-17-25(18-10-4-1-5-11-18,19-12-6-2-7-13-19)20-14-8-3-9-15-20/h1-17H/b17-16-. The van der Waals surface area contributed by atoms with Crippen molar-refractivity contribution < 1.29 is 13.2 Å². The summed E-state index contributed by atoms with van der Waals surface area (Å²) < 4.78 is 42.1. The van der Waals surface area contributed by atoms with E-state index >= 15 is 0 Å². The van der Waals surface area contributed by atoms with E-state index in [1.165, 1.54) is 4.91 Å². The van der Waals surface area contributed by atoms with Crippen LogP contribution in [0.2, 0.25) is 0 Å². The van der Waals surface area contributed by atoms with E-state index in [2.05, 4.69) is 0 Å². The number of rotatable bonds is 4. The summed E-state index contributed by atoms with van der Waals surface area (Å²) in [6.07, 6.45) is -3.92. The molecule has 3 aromatic rings. The van der Waals surface area contributed by atoms with Crippen molar-refractivity contribution in [2.45, 2.75) is 6.18 Å². The molecule has 0 nitrogen and oxygen atoms in total. The summed E-state index contributed by atoms with van der Waals surface area (Å²) in [5, 5.41) is 0. The van der Waals surface area contributed by atoms with Crippen LogP contribution in [-0.4, -0.2) is 19.4 Å². The van der Waals surface area contributed by atoms with Crippen molar-refractivity contribution >= 4 is 26.5 Å². The third-order valence-corrected chi connectivity index (χ3v) is 13.4. The van der Waals surface area contributed by atoms with Crippen LogP contribution in [0.3, 0.4) is 0 Å². The van der Waals surface area contributed by atoms with Crippen LogP contribution in [0.1, 0.15) is 0 Å². The molecule has 0 N–H and O–H groups in total. The third-order valence-electron chi connectivity index (χ3n) is 4.21. The van der Waals surface area contributed by atoms with Crippen molar-refractivity contribution in [2.24, 2.45) is 0 Å². The number of alkyl halides is 3. The van der Waals surface area contributed by atoms with Gasteiger partial charge >= 0.3 is 148 Å². The van der Waals surface area contributed by atoms with E-state index in [1.807, 2.05) is 91.0 Å². The molecule has 0 aliphatic rings. The summed E-state index contributed by atoms with van der Waals surface area (Å²) in [5.74, 6) is 0. The molecule has 0 amide bonds. The van der Waals surface area contributed by atoms with E-state index in [-0.39, 0.29) is 0 Å². The third kappa shape index (κ3) is 3.87. The topological polar surface area (TPSA) is 0 Å². The fourth-order valence-electron chi connectivity index (χ4n) is 3.11. The second kappa shape index (κ2) is 7.32. The van der Waals surface area contributed by atoms with E-state index in [0.717, 1.165) is 13.2 Å². The van der Waals surface area contributed by atoms with Gasteiger partial charge in [0.15, 0.2) is 0 Å². The van der Waals surface area contributed by atoms with Gasteiger partial charge in [0.05, 0.1) is 0 Å². The Balaban J connectivity index is 2.34. The van der Waals surface area contributed by atoms with E-state index in [1.54, 1.807) is 0 Å². The average Bonchev–Trinajstić information content (AvgIpc) is 2.64. The minimum absolute atomic E-state index is 0.417. The second-order valence-electron chi connectivity index (χ2n) is 5.78. The van der Waals surface area contributed by atoms with Crippen LogP contribution in [0.15, 0.2) is 102 Å². The number of hydrogen-bond acceptors (Lipinski definition) is 0. The second-order valence-corrected chi connectivity index (χ2v) is 13.5. The van der Waals surface area contributed by atoms with E-state index < -0.39 is 19.4 Å². The van der Waals surface area contributed by atoms with E-state index in [4.69, 9.17) is 0 Å². The predicted octanol–water partition coefficient (Wildman–Crippen LogP) is 3.81. The molecule has 25 heavy (non-hydrogen) atoms. The van der Waals surface area contributed by atoms with Gasteiger partial charge in [0.25, 0.3) is 0 Å². The van der Waals surface area contributed by atoms with Crippen LogP contribution in [0.25, 0.3) is 0 Å². The Hall–Kier alpha value is -2.27. The first-order valence-electron chi connectivity index (χ1n) is 7.96. The first-order valence-corrected chi connectivity index (χ1v) is 12.3. The molecule has 0 fully saturated rings. The summed E-state index contributed by atoms with van der Waals surface area (Å²) in [4.78, 5) is 1.44. The number of allylic oxidation sites excluding steroid dienone is 1. The van der Waals surface area contributed by atoms with Crippen molar-refractivity contribution in [3.63, 3.8) is 0 Å². The molecule has 0 bridgehead atoms. The van der Waals surface area contributed by atoms with Crippen molar-refractivity contribution in [3.8, 4) is 0 Å². The van der Waals surface area contributed by atoms with Crippen LogP contribution in [0.5, 0.6) is 0 Å². The van der Waals surface area contributed by atoms with Gasteiger partial charge in [-0.1, -0.05) is 0 Å². The van der Waals surface area contributed by atoms with Gasteiger partial charge in [-0.2, -0.15) is 0 Å². The predicted molar refractivity (Wildman–Crippen MR) is 99.2 cm³/mol. The molecule has 0 spiro atoms. The summed E-state index contributed by atoms with van der Waals surface area (Å²) in [5.41, 5.74) is 0. The van der Waals surface area contributed by atoms with Crippen LogP contribution < -0.4 is 13.2 Å². The Morgan fingerprint density at radius 3 is 1.16 bits per heavy atom. The summed E-state index contributed by atoms with van der Waals surface area (Å²) in [6, 6.07) is 28.7. The Kier molecular flexibility index (Phi) is 5.14. The number of halogens is 3. The molecule has 0 atom stereocenters. The van der Waals surface area contributed by atoms with Crippen molar-refractivity contribution in [1.29, 1.82) is 0 Å². The fourth-order valence-corrected chi connectivity index (χ4v) is 11.9. The molecule has 0 aliphatic heterocycles. The Bertz CT molecular complexity index is 729. The van der Waals surface area contributed by atoms with E-state index in [0.29, 0.717) is 6.08 Å². The maximum absolute atomic E-state index is 13.1. The average molecular weight is 399 g/mol. The molecule has 0 saturated heterocycles. The zero-order valence-corrected chi connectivity index (χ0v) is 15.5. The molecule has 0 unspecified atom stereocenters. The first kappa shape index (κ1) is 17.6. The summed E-state index contributed by atoms with van der Waals surface area (Å²) in [7, 11) is 0. The van der Waals surface area contributed by atoms with Crippen LogP contribution >= 0.6 is 0 Å². The first-order chi connectivity index (χ1) is 12.0. The zero-order valence-electron chi connectivity index (χ0n) is 13.4. The summed E-state index contributed by atoms with van der Waals surface area (Å²) >= 11 is -3.61. The Morgan fingerprint density at radius 2 is 0.880 bits per heavy atom. The summed E-state index contributed by atoms with van der Waals surface area (Å²) in [6.45, 7) is 0. The van der Waals surface area contributed by atoms with Crippen molar-refractivity contribution in [2.75, 3.05) is 0 Å². The normalized spacial score (nSPS) is 12.4. The van der Waals surface area contributed by atoms with Gasteiger partial charge in [0.2, 0.25) is 0 Å². The monoisotopic (exact) mass is 400 g/mol. The quantitative estimate of drug-likeness (QED) is 0.586. The van der Waals surface area contributed by atoms with Gasteiger partial charge in [-0.25, -0.2) is 0 Å². The van der Waals surface area contributed by atoms with Crippen LogP contribution in [-0.2, 0) is 0 Å². The fraction of sp³-hybridized carbons (Fsp3) is 0.0476. The molecule has 0 aliphatic carbocycles. The van der Waals surface area contributed by atoms with Gasteiger partial charge in [0.1, 0.15) is 0 Å². The van der Waals surface area contributed by atoms with Crippen LogP contribution in [0, 0.1) is 0 Å². The van der Waals surface area contributed by atoms with Crippen molar-refractivity contribution in [3.05, 3.63) is 102 Å². The number of benzene rings is 3. The maximum atomic E-state index is 13.1. The molecule has 4 heteroatoms. The van der Waals surface area contributed by atoms with Gasteiger partial charge in [-0.05, 0) is 0 Å². The minimum atomic E-state index is -4.34. The molecule has 0 radical (unpaired) electrons. The molecular formula is C21H17F3Ge. The SMILES string of the molecule is FC(F)(F)/C=[CH]\[Ge]([c]1ccccc1)([c]1ccccc1)[c]1ccccc1. The Morgan fingerprint density at radius 1 is 0.560 bits per heavy atom. The van der Waals surface area contributed by atoms with Gasteiger partial charge in [-0.3, -0.25) is 0 Å².